The van der Waals surface area contributed by atoms with Gasteiger partial charge in [-0.3, -0.25) is 0 Å². The van der Waals surface area contributed by atoms with Crippen molar-refractivity contribution < 1.29 is 9.47 Å². The third kappa shape index (κ3) is 5.19. The van der Waals surface area contributed by atoms with Crippen molar-refractivity contribution in [3.8, 4) is 5.75 Å². The van der Waals surface area contributed by atoms with E-state index in [9.17, 15) is 0 Å². The van der Waals surface area contributed by atoms with Gasteiger partial charge in [0.2, 0.25) is 0 Å². The third-order valence-electron chi connectivity index (χ3n) is 1.91. The van der Waals surface area contributed by atoms with E-state index in [0.717, 1.165) is 17.7 Å². The Morgan fingerprint density at radius 2 is 1.67 bits per heavy atom. The lowest BCUT2D eigenvalue weighted by atomic mass is 10.1. The molecule has 0 bridgehead atoms. The predicted octanol–water partition coefficient (Wildman–Crippen LogP) is 3.09. The Bertz CT molecular complexity index is 279. The Balaban J connectivity index is 2.31. The highest BCUT2D eigenvalue weighted by molar-refractivity contribution is 9.09. The van der Waals surface area contributed by atoms with Crippen LogP contribution in [0, 0.1) is 13.8 Å². The highest BCUT2D eigenvalue weighted by Gasteiger charge is 1.96. The van der Waals surface area contributed by atoms with Gasteiger partial charge in [0.05, 0.1) is 13.2 Å². The van der Waals surface area contributed by atoms with Crippen molar-refractivity contribution in [3.05, 3.63) is 29.3 Å². The molecule has 0 radical (unpaired) electrons. The summed E-state index contributed by atoms with van der Waals surface area (Å²) in [5, 5.41) is 0.872. The summed E-state index contributed by atoms with van der Waals surface area (Å²) in [6.45, 7) is 6.12. The zero-order valence-electron chi connectivity index (χ0n) is 9.25. The van der Waals surface area contributed by atoms with E-state index in [1.54, 1.807) is 0 Å². The lowest BCUT2D eigenvalue weighted by molar-refractivity contribution is 0.112. The molecule has 3 heteroatoms. The van der Waals surface area contributed by atoms with Crippen LogP contribution < -0.4 is 4.74 Å². The van der Waals surface area contributed by atoms with Crippen molar-refractivity contribution in [1.29, 1.82) is 0 Å². The number of ether oxygens (including phenoxy) is 2. The number of rotatable bonds is 6. The van der Waals surface area contributed by atoms with Crippen LogP contribution in [0.3, 0.4) is 0 Å². The van der Waals surface area contributed by atoms with Gasteiger partial charge in [0.25, 0.3) is 0 Å². The molecule has 0 aromatic heterocycles. The van der Waals surface area contributed by atoms with Gasteiger partial charge in [-0.15, -0.1) is 0 Å². The van der Waals surface area contributed by atoms with E-state index >= 15 is 0 Å². The monoisotopic (exact) mass is 272 g/mol. The summed E-state index contributed by atoms with van der Waals surface area (Å²) in [6, 6.07) is 6.21. The summed E-state index contributed by atoms with van der Waals surface area (Å²) >= 11 is 3.30. The van der Waals surface area contributed by atoms with Gasteiger partial charge in [0.15, 0.2) is 0 Å². The average molecular weight is 273 g/mol. The fraction of sp³-hybridized carbons (Fsp3) is 0.500. The second-order valence-electron chi connectivity index (χ2n) is 3.47. The molecular formula is C12H17BrO2. The zero-order valence-corrected chi connectivity index (χ0v) is 10.8. The molecule has 84 valence electrons. The molecule has 0 fully saturated rings. The van der Waals surface area contributed by atoms with E-state index in [4.69, 9.17) is 9.47 Å². The van der Waals surface area contributed by atoms with Crippen molar-refractivity contribution >= 4 is 15.9 Å². The maximum Gasteiger partial charge on any atom is 0.119 e. The molecule has 2 nitrogen and oxygen atoms in total. The van der Waals surface area contributed by atoms with Gasteiger partial charge < -0.3 is 9.47 Å². The highest BCUT2D eigenvalue weighted by atomic mass is 79.9. The fourth-order valence-corrected chi connectivity index (χ4v) is 1.62. The minimum atomic E-state index is 0.607. The number of halogens is 1. The van der Waals surface area contributed by atoms with Gasteiger partial charge in [0, 0.05) is 5.33 Å². The first-order valence-electron chi connectivity index (χ1n) is 5.07. The summed E-state index contributed by atoms with van der Waals surface area (Å²) in [5.74, 6) is 0.926. The van der Waals surface area contributed by atoms with E-state index in [1.165, 1.54) is 11.1 Å². The molecule has 0 aliphatic heterocycles. The van der Waals surface area contributed by atoms with Crippen LogP contribution in [0.2, 0.25) is 0 Å². The van der Waals surface area contributed by atoms with Crippen molar-refractivity contribution in [2.45, 2.75) is 13.8 Å². The Morgan fingerprint density at radius 3 is 2.27 bits per heavy atom. The number of aryl methyl sites for hydroxylation is 2. The topological polar surface area (TPSA) is 18.5 Å². The van der Waals surface area contributed by atoms with E-state index in [2.05, 4.69) is 35.8 Å². The molecule has 1 aromatic rings. The van der Waals surface area contributed by atoms with Crippen LogP contribution >= 0.6 is 15.9 Å². The van der Waals surface area contributed by atoms with Crippen molar-refractivity contribution in [2.24, 2.45) is 0 Å². The maximum atomic E-state index is 5.57. The number of hydrogen-bond acceptors (Lipinski definition) is 2. The molecule has 0 saturated heterocycles. The van der Waals surface area contributed by atoms with Crippen LogP contribution in [0.4, 0.5) is 0 Å². The quantitative estimate of drug-likeness (QED) is 0.585. The molecule has 15 heavy (non-hydrogen) atoms. The van der Waals surface area contributed by atoms with Gasteiger partial charge in [-0.1, -0.05) is 22.0 Å². The minimum Gasteiger partial charge on any atom is -0.491 e. The lowest BCUT2D eigenvalue weighted by Gasteiger charge is -2.08. The summed E-state index contributed by atoms with van der Waals surface area (Å²) in [5.41, 5.74) is 2.46. The van der Waals surface area contributed by atoms with Crippen molar-refractivity contribution in [2.75, 3.05) is 25.2 Å². The van der Waals surface area contributed by atoms with E-state index in [0.29, 0.717) is 13.2 Å². The first-order valence-corrected chi connectivity index (χ1v) is 6.19. The summed E-state index contributed by atoms with van der Waals surface area (Å²) < 4.78 is 10.9. The predicted molar refractivity (Wildman–Crippen MR) is 66.0 cm³/mol. The second-order valence-corrected chi connectivity index (χ2v) is 4.27. The summed E-state index contributed by atoms with van der Waals surface area (Å²) in [4.78, 5) is 0. The highest BCUT2D eigenvalue weighted by Crippen LogP contribution is 2.15. The molecule has 0 amide bonds. The van der Waals surface area contributed by atoms with Gasteiger partial charge in [-0.2, -0.15) is 0 Å². The second kappa shape index (κ2) is 6.85. The van der Waals surface area contributed by atoms with Crippen LogP contribution in [0.15, 0.2) is 18.2 Å². The van der Waals surface area contributed by atoms with Gasteiger partial charge in [0.1, 0.15) is 12.4 Å². The molecular weight excluding hydrogens is 256 g/mol. The maximum absolute atomic E-state index is 5.57. The van der Waals surface area contributed by atoms with Gasteiger partial charge in [-0.25, -0.2) is 0 Å². The van der Waals surface area contributed by atoms with Crippen LogP contribution in [-0.2, 0) is 4.74 Å². The standard InChI is InChI=1S/C12H17BrO2/c1-10-7-11(2)9-12(8-10)15-6-5-14-4-3-13/h7-9H,3-6H2,1-2H3. The Kier molecular flexibility index (Phi) is 5.73. The summed E-state index contributed by atoms with van der Waals surface area (Å²) in [7, 11) is 0. The molecule has 0 saturated carbocycles. The molecule has 0 aliphatic carbocycles. The van der Waals surface area contributed by atoms with Crippen molar-refractivity contribution in [3.63, 3.8) is 0 Å². The van der Waals surface area contributed by atoms with Crippen molar-refractivity contribution in [1.82, 2.24) is 0 Å². The molecule has 1 rings (SSSR count). The lowest BCUT2D eigenvalue weighted by Crippen LogP contribution is -2.08. The first-order chi connectivity index (χ1) is 7.22. The Hall–Kier alpha value is -0.540. The van der Waals surface area contributed by atoms with Crippen LogP contribution in [0.25, 0.3) is 0 Å². The molecule has 0 heterocycles. The Morgan fingerprint density at radius 1 is 1.00 bits per heavy atom. The van der Waals surface area contributed by atoms with E-state index < -0.39 is 0 Å². The molecule has 0 aliphatic rings. The Labute approximate surface area is 99.7 Å². The molecule has 0 spiro atoms. The molecule has 1 aromatic carbocycles. The van der Waals surface area contributed by atoms with E-state index in [1.807, 2.05) is 12.1 Å². The molecule has 0 unspecified atom stereocenters. The smallest absolute Gasteiger partial charge is 0.119 e. The van der Waals surface area contributed by atoms with Crippen LogP contribution in [0.5, 0.6) is 5.75 Å². The normalized spacial score (nSPS) is 10.3. The zero-order chi connectivity index (χ0) is 11.1. The number of benzene rings is 1. The van der Waals surface area contributed by atoms with Gasteiger partial charge >= 0.3 is 0 Å². The minimum absolute atomic E-state index is 0.607. The number of alkyl halides is 1. The third-order valence-corrected chi connectivity index (χ3v) is 2.24. The largest absolute Gasteiger partial charge is 0.491 e. The van der Waals surface area contributed by atoms with Crippen LogP contribution in [-0.4, -0.2) is 25.2 Å². The van der Waals surface area contributed by atoms with Gasteiger partial charge in [-0.05, 0) is 37.1 Å². The average Bonchev–Trinajstić information content (AvgIpc) is 2.16. The molecule has 0 atom stereocenters. The fourth-order valence-electron chi connectivity index (χ4n) is 1.39. The number of hydrogen-bond donors (Lipinski definition) is 0. The molecule has 0 N–H and O–H groups in total. The van der Waals surface area contributed by atoms with E-state index in [-0.39, 0.29) is 0 Å². The first kappa shape index (κ1) is 12.5. The summed E-state index contributed by atoms with van der Waals surface area (Å²) in [6.07, 6.45) is 0. The SMILES string of the molecule is Cc1cc(C)cc(OCCOCCBr)c1. The van der Waals surface area contributed by atoms with Crippen LogP contribution in [0.1, 0.15) is 11.1 Å².